The number of aromatic nitrogens is 3. The van der Waals surface area contributed by atoms with Crippen LogP contribution in [0.5, 0.6) is 0 Å². The molecule has 100 valence electrons. The third kappa shape index (κ3) is 2.91. The Morgan fingerprint density at radius 3 is 2.55 bits per heavy atom. The van der Waals surface area contributed by atoms with Crippen LogP contribution < -0.4 is 0 Å². The second-order valence-electron chi connectivity index (χ2n) is 4.55. The minimum Gasteiger partial charge on any atom is -0.258 e. The van der Waals surface area contributed by atoms with Crippen molar-refractivity contribution in [3.8, 4) is 11.4 Å². The summed E-state index contributed by atoms with van der Waals surface area (Å²) in [6, 6.07) is 18.4. The van der Waals surface area contributed by atoms with Crippen LogP contribution in [0, 0.1) is 6.92 Å². The average molecular weight is 281 g/mol. The van der Waals surface area contributed by atoms with E-state index in [0.29, 0.717) is 0 Å². The number of H-pyrrole nitrogens is 1. The number of nitrogens with one attached hydrogen (secondary N) is 1. The summed E-state index contributed by atoms with van der Waals surface area (Å²) >= 11 is 1.65. The van der Waals surface area contributed by atoms with Gasteiger partial charge in [-0.05, 0) is 18.1 Å². The number of hydrogen-bond donors (Lipinski definition) is 1. The van der Waals surface area contributed by atoms with Gasteiger partial charge < -0.3 is 0 Å². The molecule has 0 radical (unpaired) electrons. The summed E-state index contributed by atoms with van der Waals surface area (Å²) < 4.78 is 0. The first-order chi connectivity index (χ1) is 9.83. The van der Waals surface area contributed by atoms with Gasteiger partial charge in [0.2, 0.25) is 5.16 Å². The van der Waals surface area contributed by atoms with E-state index >= 15 is 0 Å². The van der Waals surface area contributed by atoms with Gasteiger partial charge in [0.05, 0.1) is 0 Å². The molecule has 0 spiro atoms. The molecule has 0 saturated carbocycles. The molecule has 4 heteroatoms. The fourth-order valence-corrected chi connectivity index (χ4v) is 2.82. The van der Waals surface area contributed by atoms with Gasteiger partial charge in [0.1, 0.15) is 0 Å². The fourth-order valence-electron chi connectivity index (χ4n) is 1.95. The number of benzene rings is 2. The lowest BCUT2D eigenvalue weighted by atomic mass is 10.1. The quantitative estimate of drug-likeness (QED) is 0.733. The first kappa shape index (κ1) is 12.9. The van der Waals surface area contributed by atoms with E-state index in [1.807, 2.05) is 30.3 Å². The highest BCUT2D eigenvalue weighted by molar-refractivity contribution is 7.98. The summed E-state index contributed by atoms with van der Waals surface area (Å²) in [5.74, 6) is 1.71. The first-order valence-corrected chi connectivity index (χ1v) is 7.46. The van der Waals surface area contributed by atoms with Gasteiger partial charge in [0.25, 0.3) is 0 Å². The summed E-state index contributed by atoms with van der Waals surface area (Å²) in [5, 5.41) is 8.04. The number of hydrogen-bond acceptors (Lipinski definition) is 3. The van der Waals surface area contributed by atoms with Crippen LogP contribution in [0.4, 0.5) is 0 Å². The first-order valence-electron chi connectivity index (χ1n) is 6.48. The van der Waals surface area contributed by atoms with E-state index in [1.54, 1.807) is 11.8 Å². The molecule has 3 nitrogen and oxygen atoms in total. The Morgan fingerprint density at radius 2 is 1.75 bits per heavy atom. The second-order valence-corrected chi connectivity index (χ2v) is 5.49. The molecule has 2 aromatic carbocycles. The van der Waals surface area contributed by atoms with Gasteiger partial charge in [0, 0.05) is 11.3 Å². The summed E-state index contributed by atoms with van der Waals surface area (Å²) in [7, 11) is 0. The monoisotopic (exact) mass is 281 g/mol. The number of rotatable bonds is 4. The lowest BCUT2D eigenvalue weighted by Gasteiger charge is -2.02. The average Bonchev–Trinajstić information content (AvgIpc) is 2.96. The van der Waals surface area contributed by atoms with Crippen molar-refractivity contribution in [2.75, 3.05) is 0 Å². The number of aryl methyl sites for hydroxylation is 1. The Hall–Kier alpha value is -2.07. The third-order valence-corrected chi connectivity index (χ3v) is 4.03. The molecule has 0 bridgehead atoms. The topological polar surface area (TPSA) is 41.6 Å². The lowest BCUT2D eigenvalue weighted by Crippen LogP contribution is -1.86. The van der Waals surface area contributed by atoms with E-state index < -0.39 is 0 Å². The van der Waals surface area contributed by atoms with Crippen LogP contribution in [0.15, 0.2) is 59.8 Å². The molecule has 1 heterocycles. The Balaban J connectivity index is 1.71. The summed E-state index contributed by atoms with van der Waals surface area (Å²) in [5.41, 5.74) is 3.69. The molecule has 0 aliphatic rings. The highest BCUT2D eigenvalue weighted by atomic mass is 32.2. The van der Waals surface area contributed by atoms with E-state index in [2.05, 4.69) is 46.4 Å². The maximum Gasteiger partial charge on any atom is 0.209 e. The molecule has 1 N–H and O–H groups in total. The van der Waals surface area contributed by atoms with Crippen molar-refractivity contribution in [2.45, 2.75) is 17.8 Å². The van der Waals surface area contributed by atoms with Gasteiger partial charge in [-0.1, -0.05) is 66.4 Å². The van der Waals surface area contributed by atoms with E-state index in [-0.39, 0.29) is 0 Å². The van der Waals surface area contributed by atoms with Gasteiger partial charge >= 0.3 is 0 Å². The fraction of sp³-hybridized carbons (Fsp3) is 0.125. The minimum absolute atomic E-state index is 0.784. The van der Waals surface area contributed by atoms with Gasteiger partial charge in [-0.15, -0.1) is 5.10 Å². The molecule has 0 fully saturated rings. The molecule has 0 saturated heterocycles. The largest absolute Gasteiger partial charge is 0.258 e. The molecular formula is C16H15N3S. The van der Waals surface area contributed by atoms with Crippen molar-refractivity contribution in [1.29, 1.82) is 0 Å². The van der Waals surface area contributed by atoms with Crippen molar-refractivity contribution >= 4 is 11.8 Å². The standard InChI is InChI=1S/C16H15N3S/c1-12-7-5-6-10-14(12)11-20-16-17-15(18-19-16)13-8-3-2-4-9-13/h2-10H,11H2,1H3,(H,17,18,19). The Labute approximate surface area is 122 Å². The van der Waals surface area contributed by atoms with Crippen molar-refractivity contribution in [3.05, 3.63) is 65.7 Å². The molecule has 0 amide bonds. The minimum atomic E-state index is 0.784. The van der Waals surface area contributed by atoms with Gasteiger partial charge in [-0.3, -0.25) is 5.10 Å². The van der Waals surface area contributed by atoms with Crippen molar-refractivity contribution in [2.24, 2.45) is 0 Å². The van der Waals surface area contributed by atoms with Crippen LogP contribution >= 0.6 is 11.8 Å². The lowest BCUT2D eigenvalue weighted by molar-refractivity contribution is 0.973. The molecule has 0 aliphatic carbocycles. The normalized spacial score (nSPS) is 10.7. The zero-order valence-electron chi connectivity index (χ0n) is 11.2. The Morgan fingerprint density at radius 1 is 1.00 bits per heavy atom. The van der Waals surface area contributed by atoms with Crippen molar-refractivity contribution < 1.29 is 0 Å². The molecule has 3 aromatic rings. The predicted molar refractivity (Wildman–Crippen MR) is 82.6 cm³/mol. The van der Waals surface area contributed by atoms with E-state index in [9.17, 15) is 0 Å². The predicted octanol–water partition coefficient (Wildman–Crippen LogP) is 4.07. The Bertz CT molecular complexity index is 692. The van der Waals surface area contributed by atoms with E-state index in [0.717, 1.165) is 22.3 Å². The van der Waals surface area contributed by atoms with Gasteiger partial charge in [-0.25, -0.2) is 4.98 Å². The summed E-state index contributed by atoms with van der Waals surface area (Å²) in [6.07, 6.45) is 0. The molecule has 0 aliphatic heterocycles. The van der Waals surface area contributed by atoms with Crippen LogP contribution in [0.3, 0.4) is 0 Å². The maximum atomic E-state index is 4.52. The van der Waals surface area contributed by atoms with Crippen LogP contribution in [-0.4, -0.2) is 15.2 Å². The molecular weight excluding hydrogens is 266 g/mol. The highest BCUT2D eigenvalue weighted by Crippen LogP contribution is 2.23. The van der Waals surface area contributed by atoms with Crippen LogP contribution in [0.2, 0.25) is 0 Å². The molecule has 3 rings (SSSR count). The van der Waals surface area contributed by atoms with Crippen molar-refractivity contribution in [3.63, 3.8) is 0 Å². The smallest absolute Gasteiger partial charge is 0.209 e. The highest BCUT2D eigenvalue weighted by Gasteiger charge is 2.06. The summed E-state index contributed by atoms with van der Waals surface area (Å²) in [6.45, 7) is 2.13. The second kappa shape index (κ2) is 5.92. The molecule has 0 unspecified atom stereocenters. The van der Waals surface area contributed by atoms with Crippen LogP contribution in [-0.2, 0) is 5.75 Å². The molecule has 20 heavy (non-hydrogen) atoms. The number of aromatic amines is 1. The van der Waals surface area contributed by atoms with Gasteiger partial charge in [0.15, 0.2) is 5.82 Å². The number of nitrogens with zero attached hydrogens (tertiary/aromatic N) is 2. The summed E-state index contributed by atoms with van der Waals surface area (Å²) in [4.78, 5) is 4.52. The van der Waals surface area contributed by atoms with Crippen molar-refractivity contribution in [1.82, 2.24) is 15.2 Å². The SMILES string of the molecule is Cc1ccccc1CSc1n[nH]c(-c2ccccc2)n1. The number of thioether (sulfide) groups is 1. The van der Waals surface area contributed by atoms with Crippen LogP contribution in [0.1, 0.15) is 11.1 Å². The van der Waals surface area contributed by atoms with Crippen LogP contribution in [0.25, 0.3) is 11.4 Å². The molecule has 1 aromatic heterocycles. The zero-order chi connectivity index (χ0) is 13.8. The maximum absolute atomic E-state index is 4.52. The molecule has 0 atom stereocenters. The van der Waals surface area contributed by atoms with E-state index in [1.165, 1.54) is 11.1 Å². The van der Waals surface area contributed by atoms with E-state index in [4.69, 9.17) is 0 Å². The third-order valence-electron chi connectivity index (χ3n) is 3.13. The zero-order valence-corrected chi connectivity index (χ0v) is 12.0. The Kier molecular flexibility index (Phi) is 3.83. The van der Waals surface area contributed by atoms with Gasteiger partial charge in [-0.2, -0.15) is 0 Å².